The molecule has 0 aliphatic rings. The Kier molecular flexibility index (Phi) is 10.0. The van der Waals surface area contributed by atoms with Crippen molar-refractivity contribution in [3.05, 3.63) is 135 Å². The van der Waals surface area contributed by atoms with Crippen LogP contribution in [0.25, 0.3) is 16.8 Å². The van der Waals surface area contributed by atoms with Gasteiger partial charge < -0.3 is 19.5 Å². The van der Waals surface area contributed by atoms with E-state index in [1.165, 1.54) is 6.08 Å². The van der Waals surface area contributed by atoms with E-state index >= 15 is 0 Å². The van der Waals surface area contributed by atoms with Crippen molar-refractivity contribution < 1.29 is 19.0 Å². The lowest BCUT2D eigenvalue weighted by molar-refractivity contribution is -0.112. The molecule has 0 saturated carbocycles. The summed E-state index contributed by atoms with van der Waals surface area (Å²) in [5.74, 6) is 0.845. The van der Waals surface area contributed by atoms with Crippen molar-refractivity contribution in [3.63, 3.8) is 0 Å². The molecular formula is C36H28Cl2N2O4. The average molecular weight is 624 g/mol. The van der Waals surface area contributed by atoms with Gasteiger partial charge >= 0.3 is 0 Å². The second-order valence-electron chi connectivity index (χ2n) is 9.72. The van der Waals surface area contributed by atoms with Gasteiger partial charge in [-0.1, -0.05) is 83.9 Å². The quantitative estimate of drug-likeness (QED) is 0.117. The smallest absolute Gasteiger partial charge is 0.266 e. The number of nitrogens with zero attached hydrogens (tertiary/aromatic N) is 1. The number of carbonyl (C=O) groups excluding carboxylic acids is 1. The molecule has 8 heteroatoms. The molecule has 5 aromatic carbocycles. The molecule has 0 bridgehead atoms. The predicted molar refractivity (Wildman–Crippen MR) is 175 cm³/mol. The monoisotopic (exact) mass is 622 g/mol. The van der Waals surface area contributed by atoms with E-state index < -0.39 is 5.91 Å². The number of fused-ring (bicyclic) bond motifs is 1. The number of rotatable bonds is 11. The molecule has 6 nitrogen and oxygen atoms in total. The Morgan fingerprint density at radius 2 is 1.52 bits per heavy atom. The van der Waals surface area contributed by atoms with Crippen molar-refractivity contribution in [2.75, 3.05) is 11.9 Å². The number of hydrogen-bond donors (Lipinski definition) is 1. The summed E-state index contributed by atoms with van der Waals surface area (Å²) >= 11 is 12.8. The highest BCUT2D eigenvalue weighted by molar-refractivity contribution is 6.32. The van der Waals surface area contributed by atoms with Gasteiger partial charge in [0.15, 0.2) is 11.5 Å². The third-order valence-electron chi connectivity index (χ3n) is 6.72. The molecule has 1 amide bonds. The van der Waals surface area contributed by atoms with Crippen LogP contribution in [-0.2, 0) is 18.0 Å². The van der Waals surface area contributed by atoms with E-state index in [9.17, 15) is 10.1 Å². The van der Waals surface area contributed by atoms with Crippen LogP contribution in [0.1, 0.15) is 23.6 Å². The van der Waals surface area contributed by atoms with Gasteiger partial charge in [-0.05, 0) is 77.4 Å². The van der Waals surface area contributed by atoms with Crippen molar-refractivity contribution in [1.82, 2.24) is 0 Å². The van der Waals surface area contributed by atoms with Gasteiger partial charge in [-0.3, -0.25) is 4.79 Å². The number of anilines is 1. The van der Waals surface area contributed by atoms with Gasteiger partial charge in [0.05, 0.1) is 11.6 Å². The Hall–Kier alpha value is -4.96. The maximum atomic E-state index is 13.0. The zero-order valence-electron chi connectivity index (χ0n) is 23.8. The van der Waals surface area contributed by atoms with Gasteiger partial charge in [0.2, 0.25) is 0 Å². The molecule has 0 spiro atoms. The highest BCUT2D eigenvalue weighted by Gasteiger charge is 2.16. The Labute approximate surface area is 266 Å². The Morgan fingerprint density at radius 1 is 0.818 bits per heavy atom. The van der Waals surface area contributed by atoms with Crippen LogP contribution in [0.4, 0.5) is 5.69 Å². The van der Waals surface area contributed by atoms with Crippen molar-refractivity contribution in [3.8, 4) is 23.3 Å². The van der Waals surface area contributed by atoms with E-state index in [1.54, 1.807) is 42.5 Å². The van der Waals surface area contributed by atoms with Crippen LogP contribution in [0.2, 0.25) is 10.0 Å². The normalized spacial score (nSPS) is 11.1. The van der Waals surface area contributed by atoms with Gasteiger partial charge in [-0.2, -0.15) is 5.26 Å². The highest BCUT2D eigenvalue weighted by Crippen LogP contribution is 2.38. The fourth-order valence-electron chi connectivity index (χ4n) is 4.57. The zero-order chi connectivity index (χ0) is 30.9. The lowest BCUT2D eigenvalue weighted by Gasteiger charge is -2.15. The van der Waals surface area contributed by atoms with Crippen LogP contribution in [0.5, 0.6) is 17.2 Å². The Bertz CT molecular complexity index is 1860. The van der Waals surface area contributed by atoms with Crippen LogP contribution >= 0.6 is 23.2 Å². The Morgan fingerprint density at radius 3 is 2.30 bits per heavy atom. The average Bonchev–Trinajstić information content (AvgIpc) is 3.03. The maximum absolute atomic E-state index is 13.0. The molecule has 0 unspecified atom stereocenters. The minimum Gasteiger partial charge on any atom is -0.490 e. The molecule has 44 heavy (non-hydrogen) atoms. The summed E-state index contributed by atoms with van der Waals surface area (Å²) in [5.41, 5.74) is 2.80. The molecule has 220 valence electrons. The SMILES string of the molecule is CCOc1cc(/C=C(\C#N)C(=O)Nc2ccc(OCc3ccccc3Cl)cc2)cc(Cl)c1OCc1cccc2ccccc12. The van der Waals surface area contributed by atoms with E-state index in [0.29, 0.717) is 51.8 Å². The van der Waals surface area contributed by atoms with Gasteiger partial charge in [-0.15, -0.1) is 0 Å². The molecule has 0 fully saturated rings. The standard InChI is InChI=1S/C36H28Cl2N2O4/c1-2-42-34-20-24(19-33(38)35(34)44-22-26-11-7-10-25-8-3-5-12-31(25)26)18-28(21-39)36(41)40-29-14-16-30(17-15-29)43-23-27-9-4-6-13-32(27)37/h3-20H,2,22-23H2,1H3,(H,40,41)/b28-18+. The molecule has 1 N–H and O–H groups in total. The van der Waals surface area contributed by atoms with Gasteiger partial charge in [0, 0.05) is 16.3 Å². The second kappa shape index (κ2) is 14.5. The summed E-state index contributed by atoms with van der Waals surface area (Å²) in [4.78, 5) is 13.0. The number of benzene rings is 5. The predicted octanol–water partition coefficient (Wildman–Crippen LogP) is 9.25. The summed E-state index contributed by atoms with van der Waals surface area (Å²) in [6.45, 7) is 2.82. The topological polar surface area (TPSA) is 80.6 Å². The van der Waals surface area contributed by atoms with Crippen molar-refractivity contribution in [2.45, 2.75) is 20.1 Å². The minimum absolute atomic E-state index is 0.105. The van der Waals surface area contributed by atoms with Gasteiger partial charge in [0.1, 0.15) is 30.6 Å². The fraction of sp³-hybridized carbons (Fsp3) is 0.111. The van der Waals surface area contributed by atoms with Crippen LogP contribution < -0.4 is 19.5 Å². The third-order valence-corrected chi connectivity index (χ3v) is 7.37. The molecule has 0 aliphatic carbocycles. The number of nitriles is 1. The lowest BCUT2D eigenvalue weighted by Crippen LogP contribution is -2.13. The first-order valence-corrected chi connectivity index (χ1v) is 14.7. The lowest BCUT2D eigenvalue weighted by atomic mass is 10.1. The van der Waals surface area contributed by atoms with Gasteiger partial charge in [-0.25, -0.2) is 0 Å². The van der Waals surface area contributed by atoms with E-state index in [1.807, 2.05) is 61.5 Å². The molecule has 0 radical (unpaired) electrons. The number of nitrogens with one attached hydrogen (secondary N) is 1. The molecule has 0 aliphatic heterocycles. The van der Waals surface area contributed by atoms with Crippen LogP contribution in [0.3, 0.4) is 0 Å². The molecule has 0 aromatic heterocycles. The van der Waals surface area contributed by atoms with Crippen molar-refractivity contribution in [1.29, 1.82) is 5.26 Å². The number of hydrogen-bond acceptors (Lipinski definition) is 5. The molecule has 0 atom stereocenters. The van der Waals surface area contributed by atoms with Crippen molar-refractivity contribution in [2.24, 2.45) is 0 Å². The van der Waals surface area contributed by atoms with Crippen molar-refractivity contribution >= 4 is 51.6 Å². The van der Waals surface area contributed by atoms with Gasteiger partial charge in [0.25, 0.3) is 5.91 Å². The first-order valence-electron chi connectivity index (χ1n) is 13.9. The highest BCUT2D eigenvalue weighted by atomic mass is 35.5. The molecular weight excluding hydrogens is 595 g/mol. The largest absolute Gasteiger partial charge is 0.490 e. The number of carbonyl (C=O) groups is 1. The summed E-state index contributed by atoms with van der Waals surface area (Å²) in [7, 11) is 0. The summed E-state index contributed by atoms with van der Waals surface area (Å²) in [6.07, 6.45) is 1.46. The van der Waals surface area contributed by atoms with Crippen LogP contribution in [0, 0.1) is 11.3 Å². The summed E-state index contributed by atoms with van der Waals surface area (Å²) < 4.78 is 17.8. The zero-order valence-corrected chi connectivity index (χ0v) is 25.4. The summed E-state index contributed by atoms with van der Waals surface area (Å²) in [5, 5.41) is 15.7. The van der Waals surface area contributed by atoms with Crippen LogP contribution in [-0.4, -0.2) is 12.5 Å². The second-order valence-corrected chi connectivity index (χ2v) is 10.5. The van der Waals surface area contributed by atoms with E-state index in [4.69, 9.17) is 37.4 Å². The molecule has 0 saturated heterocycles. The number of ether oxygens (including phenoxy) is 3. The maximum Gasteiger partial charge on any atom is 0.266 e. The number of halogens is 2. The first kappa shape index (κ1) is 30.5. The number of amides is 1. The van der Waals surface area contributed by atoms with E-state index in [0.717, 1.165) is 21.9 Å². The Balaban J connectivity index is 1.28. The first-order chi connectivity index (χ1) is 21.4. The molecule has 0 heterocycles. The molecule has 5 rings (SSSR count). The van der Waals surface area contributed by atoms with E-state index in [-0.39, 0.29) is 12.2 Å². The minimum atomic E-state index is -0.567. The van der Waals surface area contributed by atoms with E-state index in [2.05, 4.69) is 17.4 Å². The third kappa shape index (κ3) is 7.51. The van der Waals surface area contributed by atoms with Crippen LogP contribution in [0.15, 0.2) is 109 Å². The summed E-state index contributed by atoms with van der Waals surface area (Å²) in [6, 6.07) is 33.7. The fourth-order valence-corrected chi connectivity index (χ4v) is 5.03. The molecule has 5 aromatic rings.